The van der Waals surface area contributed by atoms with Crippen molar-refractivity contribution in [1.82, 2.24) is 5.32 Å². The number of nitrogens with one attached hydrogen (secondary N) is 2. The molecular formula is C21H22N2O4. The second kappa shape index (κ2) is 7.95. The van der Waals surface area contributed by atoms with Gasteiger partial charge in [0.2, 0.25) is 0 Å². The quantitative estimate of drug-likeness (QED) is 0.689. The predicted molar refractivity (Wildman–Crippen MR) is 104 cm³/mol. The van der Waals surface area contributed by atoms with Gasteiger partial charge in [0.1, 0.15) is 0 Å². The minimum absolute atomic E-state index is 0.145. The maximum atomic E-state index is 12.6. The van der Waals surface area contributed by atoms with Gasteiger partial charge >= 0.3 is 0 Å². The number of para-hydroxylation sites is 2. The van der Waals surface area contributed by atoms with Crippen LogP contribution in [-0.4, -0.2) is 25.5 Å². The first-order valence-corrected chi connectivity index (χ1v) is 8.74. The molecule has 0 spiro atoms. The van der Waals surface area contributed by atoms with Crippen molar-refractivity contribution < 1.29 is 18.7 Å². The van der Waals surface area contributed by atoms with Crippen molar-refractivity contribution >= 4 is 28.5 Å². The molecule has 1 aromatic heterocycles. The van der Waals surface area contributed by atoms with Crippen LogP contribution in [-0.2, 0) is 0 Å². The van der Waals surface area contributed by atoms with Gasteiger partial charge in [0.25, 0.3) is 11.8 Å². The second-order valence-electron chi connectivity index (χ2n) is 6.59. The number of ether oxygens (including phenoxy) is 1. The summed E-state index contributed by atoms with van der Waals surface area (Å²) in [5, 5.41) is 6.38. The molecule has 0 bridgehead atoms. The Morgan fingerprint density at radius 2 is 1.85 bits per heavy atom. The van der Waals surface area contributed by atoms with Crippen molar-refractivity contribution in [1.29, 1.82) is 0 Å². The molecule has 0 aliphatic rings. The third-order valence-corrected chi connectivity index (χ3v) is 4.04. The average molecular weight is 366 g/mol. The zero-order valence-electron chi connectivity index (χ0n) is 15.5. The first kappa shape index (κ1) is 18.5. The van der Waals surface area contributed by atoms with Crippen LogP contribution >= 0.6 is 0 Å². The maximum absolute atomic E-state index is 12.6. The van der Waals surface area contributed by atoms with Gasteiger partial charge in [-0.25, -0.2) is 0 Å². The Labute approximate surface area is 157 Å². The van der Waals surface area contributed by atoms with Gasteiger partial charge in [0, 0.05) is 11.9 Å². The van der Waals surface area contributed by atoms with E-state index in [1.807, 2.05) is 26.0 Å². The van der Waals surface area contributed by atoms with Gasteiger partial charge in [-0.2, -0.15) is 0 Å². The molecule has 2 amide bonds. The molecule has 2 N–H and O–H groups in total. The van der Waals surface area contributed by atoms with E-state index in [9.17, 15) is 9.59 Å². The van der Waals surface area contributed by atoms with Crippen LogP contribution in [0.3, 0.4) is 0 Å². The summed E-state index contributed by atoms with van der Waals surface area (Å²) in [6, 6.07) is 14.0. The second-order valence-corrected chi connectivity index (χ2v) is 6.59. The van der Waals surface area contributed by atoms with E-state index >= 15 is 0 Å². The maximum Gasteiger partial charge on any atom is 0.291 e. The third kappa shape index (κ3) is 4.11. The van der Waals surface area contributed by atoms with Gasteiger partial charge in [-0.3, -0.25) is 9.59 Å². The Bertz CT molecular complexity index is 975. The van der Waals surface area contributed by atoms with Crippen LogP contribution in [0.5, 0.6) is 5.75 Å². The molecule has 0 unspecified atom stereocenters. The zero-order chi connectivity index (χ0) is 19.4. The van der Waals surface area contributed by atoms with Gasteiger partial charge < -0.3 is 19.8 Å². The fraction of sp³-hybridized carbons (Fsp3) is 0.238. The first-order valence-electron chi connectivity index (χ1n) is 8.74. The fourth-order valence-corrected chi connectivity index (χ4v) is 2.68. The lowest BCUT2D eigenvalue weighted by Gasteiger charge is -2.12. The fourth-order valence-electron chi connectivity index (χ4n) is 2.68. The minimum Gasteiger partial charge on any atom is -0.493 e. The van der Waals surface area contributed by atoms with E-state index in [0.29, 0.717) is 35.0 Å². The Morgan fingerprint density at radius 3 is 2.59 bits per heavy atom. The molecule has 3 rings (SSSR count). The van der Waals surface area contributed by atoms with Crippen molar-refractivity contribution in [2.24, 2.45) is 5.92 Å². The highest BCUT2D eigenvalue weighted by Gasteiger charge is 2.18. The molecular weight excluding hydrogens is 344 g/mol. The lowest BCUT2D eigenvalue weighted by atomic mass is 10.1. The number of fused-ring (bicyclic) bond motifs is 1. The van der Waals surface area contributed by atoms with E-state index in [4.69, 9.17) is 9.15 Å². The number of carbonyl (C=O) groups excluding carboxylic acids is 2. The monoisotopic (exact) mass is 366 g/mol. The van der Waals surface area contributed by atoms with Crippen molar-refractivity contribution in [2.45, 2.75) is 13.8 Å². The Balaban J connectivity index is 1.83. The van der Waals surface area contributed by atoms with Crippen LogP contribution in [0.2, 0.25) is 0 Å². The molecule has 1 heterocycles. The number of furan rings is 1. The van der Waals surface area contributed by atoms with Gasteiger partial charge in [-0.15, -0.1) is 0 Å². The molecule has 0 atom stereocenters. The van der Waals surface area contributed by atoms with Crippen molar-refractivity contribution in [3.8, 4) is 5.75 Å². The standard InChI is InChI=1S/C21H22N2O4/c1-13(2)12-22-20(24)15-8-4-5-9-16(15)23-21(25)18-11-14-7-6-10-17(26-3)19(14)27-18/h4-11,13H,12H2,1-3H3,(H,22,24)(H,23,25). The summed E-state index contributed by atoms with van der Waals surface area (Å²) in [7, 11) is 1.54. The topological polar surface area (TPSA) is 80.6 Å². The normalized spacial score (nSPS) is 10.8. The van der Waals surface area contributed by atoms with Crippen molar-refractivity contribution in [3.63, 3.8) is 0 Å². The zero-order valence-corrected chi connectivity index (χ0v) is 15.5. The molecule has 27 heavy (non-hydrogen) atoms. The molecule has 0 radical (unpaired) electrons. The van der Waals surface area contributed by atoms with E-state index in [1.54, 1.807) is 43.5 Å². The van der Waals surface area contributed by atoms with Crippen LogP contribution < -0.4 is 15.4 Å². The lowest BCUT2D eigenvalue weighted by Crippen LogP contribution is -2.28. The smallest absolute Gasteiger partial charge is 0.291 e. The van der Waals surface area contributed by atoms with Crippen LogP contribution in [0.15, 0.2) is 52.9 Å². The van der Waals surface area contributed by atoms with Crippen molar-refractivity contribution in [2.75, 3.05) is 19.0 Å². The molecule has 140 valence electrons. The number of benzene rings is 2. The SMILES string of the molecule is COc1cccc2cc(C(=O)Nc3ccccc3C(=O)NCC(C)C)oc12. The number of hydrogen-bond donors (Lipinski definition) is 2. The molecule has 2 aromatic carbocycles. The minimum atomic E-state index is -0.433. The lowest BCUT2D eigenvalue weighted by molar-refractivity contribution is 0.0950. The summed E-state index contributed by atoms with van der Waals surface area (Å²) >= 11 is 0. The molecule has 0 fully saturated rings. The van der Waals surface area contributed by atoms with E-state index in [-0.39, 0.29) is 11.7 Å². The van der Waals surface area contributed by atoms with E-state index in [0.717, 1.165) is 5.39 Å². The van der Waals surface area contributed by atoms with E-state index in [2.05, 4.69) is 10.6 Å². The Kier molecular flexibility index (Phi) is 5.45. The van der Waals surface area contributed by atoms with Gasteiger partial charge in [-0.1, -0.05) is 38.1 Å². The van der Waals surface area contributed by atoms with Crippen LogP contribution in [0.4, 0.5) is 5.69 Å². The summed E-state index contributed by atoms with van der Waals surface area (Å²) < 4.78 is 10.9. The molecule has 3 aromatic rings. The summed E-state index contributed by atoms with van der Waals surface area (Å²) in [5.74, 6) is 0.372. The molecule has 0 saturated carbocycles. The summed E-state index contributed by atoms with van der Waals surface area (Å²) in [6.07, 6.45) is 0. The average Bonchev–Trinajstić information content (AvgIpc) is 3.11. The highest BCUT2D eigenvalue weighted by atomic mass is 16.5. The van der Waals surface area contributed by atoms with Crippen LogP contribution in [0.25, 0.3) is 11.0 Å². The highest BCUT2D eigenvalue weighted by Crippen LogP contribution is 2.29. The van der Waals surface area contributed by atoms with Crippen LogP contribution in [0.1, 0.15) is 34.8 Å². The Morgan fingerprint density at radius 1 is 1.07 bits per heavy atom. The van der Waals surface area contributed by atoms with E-state index < -0.39 is 5.91 Å². The van der Waals surface area contributed by atoms with Gasteiger partial charge in [0.05, 0.1) is 18.4 Å². The molecule has 6 nitrogen and oxygen atoms in total. The third-order valence-electron chi connectivity index (χ3n) is 4.04. The van der Waals surface area contributed by atoms with Crippen LogP contribution in [0, 0.1) is 5.92 Å². The van der Waals surface area contributed by atoms with Gasteiger partial charge in [-0.05, 0) is 30.2 Å². The molecule has 6 heteroatoms. The number of carbonyl (C=O) groups is 2. The first-order chi connectivity index (χ1) is 13.0. The molecule has 0 aliphatic heterocycles. The highest BCUT2D eigenvalue weighted by molar-refractivity contribution is 6.09. The largest absolute Gasteiger partial charge is 0.493 e. The predicted octanol–water partition coefficient (Wildman–Crippen LogP) is 4.08. The number of amides is 2. The number of hydrogen-bond acceptors (Lipinski definition) is 4. The number of rotatable bonds is 6. The van der Waals surface area contributed by atoms with Crippen molar-refractivity contribution in [3.05, 3.63) is 59.9 Å². The Hall–Kier alpha value is -3.28. The number of methoxy groups -OCH3 is 1. The summed E-state index contributed by atoms with van der Waals surface area (Å²) in [5.41, 5.74) is 1.34. The molecule has 0 saturated heterocycles. The summed E-state index contributed by atoms with van der Waals surface area (Å²) in [4.78, 5) is 25.1. The summed E-state index contributed by atoms with van der Waals surface area (Å²) in [6.45, 7) is 4.60. The van der Waals surface area contributed by atoms with Gasteiger partial charge in [0.15, 0.2) is 17.1 Å². The number of anilines is 1. The van der Waals surface area contributed by atoms with E-state index in [1.165, 1.54) is 0 Å². The molecule has 0 aliphatic carbocycles.